The van der Waals surface area contributed by atoms with Gasteiger partial charge in [-0.05, 0) is 38.0 Å². The van der Waals surface area contributed by atoms with Crippen molar-refractivity contribution in [1.29, 1.82) is 0 Å². The van der Waals surface area contributed by atoms with Crippen LogP contribution in [0.5, 0.6) is 0 Å². The summed E-state index contributed by atoms with van der Waals surface area (Å²) in [5.41, 5.74) is 0.711. The third kappa shape index (κ3) is 5.79. The van der Waals surface area contributed by atoms with Gasteiger partial charge in [-0.15, -0.1) is 9.24 Å². The van der Waals surface area contributed by atoms with Crippen molar-refractivity contribution < 1.29 is 8.85 Å². The van der Waals surface area contributed by atoms with E-state index in [0.717, 1.165) is 12.7 Å². The predicted molar refractivity (Wildman–Crippen MR) is 63.5 cm³/mol. The standard InChI is InChI=1S/C9H23O2PSi/c1-5-9(12)7-8-13(4,10-3)11-6-2/h9H,5-8,12H2,1-4H3. The van der Waals surface area contributed by atoms with Crippen molar-refractivity contribution >= 4 is 17.8 Å². The molecule has 0 N–H and O–H groups in total. The van der Waals surface area contributed by atoms with E-state index in [1.54, 1.807) is 7.11 Å². The van der Waals surface area contributed by atoms with Gasteiger partial charge in [-0.25, -0.2) is 0 Å². The lowest BCUT2D eigenvalue weighted by molar-refractivity contribution is 0.214. The Morgan fingerprint density at radius 2 is 2.00 bits per heavy atom. The van der Waals surface area contributed by atoms with Crippen molar-refractivity contribution in [3.05, 3.63) is 0 Å². The van der Waals surface area contributed by atoms with Crippen LogP contribution in [0.1, 0.15) is 26.7 Å². The first-order chi connectivity index (χ1) is 6.08. The molecule has 13 heavy (non-hydrogen) atoms. The van der Waals surface area contributed by atoms with Crippen molar-refractivity contribution in [2.24, 2.45) is 0 Å². The summed E-state index contributed by atoms with van der Waals surface area (Å²) < 4.78 is 11.2. The second-order valence-corrected chi connectivity index (χ2v) is 7.89. The fraction of sp³-hybridized carbons (Fsp3) is 1.00. The summed E-state index contributed by atoms with van der Waals surface area (Å²) in [6.07, 6.45) is 2.41. The maximum Gasteiger partial charge on any atom is 0.334 e. The molecule has 0 radical (unpaired) electrons. The van der Waals surface area contributed by atoms with Gasteiger partial charge in [0.05, 0.1) is 0 Å². The summed E-state index contributed by atoms with van der Waals surface area (Å²) >= 11 is 0. The molecule has 0 amide bonds. The van der Waals surface area contributed by atoms with E-state index in [4.69, 9.17) is 8.85 Å². The van der Waals surface area contributed by atoms with E-state index in [1.807, 2.05) is 6.92 Å². The van der Waals surface area contributed by atoms with Crippen molar-refractivity contribution in [1.82, 2.24) is 0 Å². The molecule has 0 heterocycles. The van der Waals surface area contributed by atoms with Crippen LogP contribution in [0.4, 0.5) is 0 Å². The van der Waals surface area contributed by atoms with E-state index in [-0.39, 0.29) is 0 Å². The molecule has 0 rings (SSSR count). The zero-order valence-corrected chi connectivity index (χ0v) is 11.5. The Morgan fingerprint density at radius 1 is 1.38 bits per heavy atom. The Labute approximate surface area is 85.8 Å². The first-order valence-electron chi connectivity index (χ1n) is 5.02. The van der Waals surface area contributed by atoms with Gasteiger partial charge < -0.3 is 8.85 Å². The normalized spacial score (nSPS) is 18.2. The molecule has 0 aliphatic carbocycles. The molecule has 0 saturated carbocycles. The fourth-order valence-electron chi connectivity index (χ4n) is 1.19. The van der Waals surface area contributed by atoms with E-state index in [1.165, 1.54) is 12.8 Å². The molecule has 2 nitrogen and oxygen atoms in total. The van der Waals surface area contributed by atoms with Crippen LogP contribution in [-0.2, 0) is 8.85 Å². The van der Waals surface area contributed by atoms with Gasteiger partial charge in [0.25, 0.3) is 0 Å². The van der Waals surface area contributed by atoms with E-state index in [0.29, 0.717) is 5.66 Å². The Morgan fingerprint density at radius 3 is 2.38 bits per heavy atom. The molecule has 0 bridgehead atoms. The molecular formula is C9H23O2PSi. The van der Waals surface area contributed by atoms with Crippen molar-refractivity contribution in [3.8, 4) is 0 Å². The first kappa shape index (κ1) is 13.6. The molecule has 0 aromatic carbocycles. The molecule has 0 saturated heterocycles. The minimum absolute atomic E-state index is 0.711. The highest BCUT2D eigenvalue weighted by Crippen LogP contribution is 2.20. The SMILES string of the molecule is CCO[Si](C)(CCC(P)CC)OC. The van der Waals surface area contributed by atoms with Gasteiger partial charge in [-0.2, -0.15) is 0 Å². The van der Waals surface area contributed by atoms with Gasteiger partial charge in [0.1, 0.15) is 0 Å². The summed E-state index contributed by atoms with van der Waals surface area (Å²) in [4.78, 5) is 0. The lowest BCUT2D eigenvalue weighted by Crippen LogP contribution is -2.37. The van der Waals surface area contributed by atoms with Crippen LogP contribution in [0.2, 0.25) is 12.6 Å². The lowest BCUT2D eigenvalue weighted by Gasteiger charge is -2.25. The molecule has 0 aliphatic heterocycles. The van der Waals surface area contributed by atoms with Crippen LogP contribution < -0.4 is 0 Å². The molecule has 0 aliphatic rings. The minimum atomic E-state index is -1.82. The van der Waals surface area contributed by atoms with Crippen molar-refractivity contribution in [2.75, 3.05) is 13.7 Å². The molecule has 3 atom stereocenters. The van der Waals surface area contributed by atoms with E-state index in [2.05, 4.69) is 22.7 Å². The topological polar surface area (TPSA) is 18.5 Å². The van der Waals surface area contributed by atoms with E-state index in [9.17, 15) is 0 Å². The van der Waals surface area contributed by atoms with Crippen LogP contribution in [-0.4, -0.2) is 27.9 Å². The number of hydrogen-bond acceptors (Lipinski definition) is 2. The third-order valence-electron chi connectivity index (χ3n) is 2.38. The van der Waals surface area contributed by atoms with Gasteiger partial charge in [0.15, 0.2) is 0 Å². The predicted octanol–water partition coefficient (Wildman–Crippen LogP) is 2.79. The lowest BCUT2D eigenvalue weighted by atomic mass is 10.3. The highest BCUT2D eigenvalue weighted by molar-refractivity contribution is 7.17. The largest absolute Gasteiger partial charge is 0.398 e. The van der Waals surface area contributed by atoms with Crippen molar-refractivity contribution in [2.45, 2.75) is 44.9 Å². The molecule has 0 fully saturated rings. The number of rotatable bonds is 7. The third-order valence-corrected chi connectivity index (χ3v) is 6.14. The van der Waals surface area contributed by atoms with Gasteiger partial charge >= 0.3 is 8.56 Å². The van der Waals surface area contributed by atoms with E-state index >= 15 is 0 Å². The second kappa shape index (κ2) is 6.94. The Balaban J connectivity index is 3.82. The van der Waals surface area contributed by atoms with Crippen LogP contribution >= 0.6 is 9.24 Å². The zero-order valence-electron chi connectivity index (χ0n) is 9.30. The maximum atomic E-state index is 5.68. The smallest absolute Gasteiger partial charge is 0.334 e. The molecular weight excluding hydrogens is 199 g/mol. The quantitative estimate of drug-likeness (QED) is 0.487. The summed E-state index contributed by atoms with van der Waals surface area (Å²) in [5.74, 6) is 0. The Hall–Kier alpha value is 0.567. The summed E-state index contributed by atoms with van der Waals surface area (Å²) in [5, 5.41) is 0. The monoisotopic (exact) mass is 222 g/mol. The average Bonchev–Trinajstić information content (AvgIpc) is 2.15. The minimum Gasteiger partial charge on any atom is -0.398 e. The van der Waals surface area contributed by atoms with Crippen LogP contribution in [0, 0.1) is 0 Å². The van der Waals surface area contributed by atoms with Crippen LogP contribution in [0.15, 0.2) is 0 Å². The molecule has 3 unspecified atom stereocenters. The summed E-state index contributed by atoms with van der Waals surface area (Å²) in [6, 6.07) is 1.10. The van der Waals surface area contributed by atoms with E-state index < -0.39 is 8.56 Å². The second-order valence-electron chi connectivity index (χ2n) is 3.48. The van der Waals surface area contributed by atoms with Crippen LogP contribution in [0.25, 0.3) is 0 Å². The Kier molecular flexibility index (Phi) is 7.24. The molecule has 0 spiro atoms. The Bertz CT molecular complexity index is 135. The van der Waals surface area contributed by atoms with Gasteiger partial charge in [0.2, 0.25) is 0 Å². The molecule has 0 aromatic rings. The fourth-order valence-corrected chi connectivity index (χ4v) is 3.66. The van der Waals surface area contributed by atoms with Crippen molar-refractivity contribution in [3.63, 3.8) is 0 Å². The maximum absolute atomic E-state index is 5.68. The van der Waals surface area contributed by atoms with Crippen LogP contribution in [0.3, 0.4) is 0 Å². The molecule has 80 valence electrons. The highest BCUT2D eigenvalue weighted by Gasteiger charge is 2.29. The summed E-state index contributed by atoms with van der Waals surface area (Å²) in [6.45, 7) is 7.15. The molecule has 0 aromatic heterocycles. The highest BCUT2D eigenvalue weighted by atomic mass is 31.0. The zero-order chi connectivity index (χ0) is 10.3. The van der Waals surface area contributed by atoms with Gasteiger partial charge in [-0.1, -0.05) is 6.92 Å². The average molecular weight is 222 g/mol. The van der Waals surface area contributed by atoms with Gasteiger partial charge in [-0.3, -0.25) is 0 Å². The van der Waals surface area contributed by atoms with Gasteiger partial charge in [0, 0.05) is 13.7 Å². The summed E-state index contributed by atoms with van der Waals surface area (Å²) in [7, 11) is 2.83. The number of hydrogen-bond donors (Lipinski definition) is 0. The molecule has 4 heteroatoms. The first-order valence-corrected chi connectivity index (χ1v) is 8.21.